The van der Waals surface area contributed by atoms with Crippen molar-refractivity contribution in [2.75, 3.05) is 0 Å². The Hall–Kier alpha value is -1.51. The summed E-state index contributed by atoms with van der Waals surface area (Å²) in [6.45, 7) is 8.08. The maximum Gasteiger partial charge on any atom is 0.155 e. The van der Waals surface area contributed by atoms with Crippen molar-refractivity contribution in [3.05, 3.63) is 28.8 Å². The highest BCUT2D eigenvalue weighted by Crippen LogP contribution is 2.24. The number of aryl methyl sites for hydroxylation is 2. The van der Waals surface area contributed by atoms with E-state index in [1.165, 1.54) is 5.56 Å². The Morgan fingerprint density at radius 3 is 2.50 bits per heavy atom. The van der Waals surface area contributed by atoms with E-state index in [0.29, 0.717) is 6.42 Å². The predicted molar refractivity (Wildman–Crippen MR) is 67.3 cm³/mol. The van der Waals surface area contributed by atoms with Gasteiger partial charge in [-0.25, -0.2) is 0 Å². The first-order chi connectivity index (χ1) is 7.45. The Kier molecular flexibility index (Phi) is 3.93. The normalized spacial score (nSPS) is 12.2. The molecular weight excluding hydrogens is 200 g/mol. The van der Waals surface area contributed by atoms with Crippen molar-refractivity contribution in [3.8, 4) is 5.75 Å². The van der Waals surface area contributed by atoms with Gasteiger partial charge in [-0.3, -0.25) is 5.41 Å². The third-order valence-corrected chi connectivity index (χ3v) is 2.75. The van der Waals surface area contributed by atoms with E-state index in [9.17, 15) is 0 Å². The lowest BCUT2D eigenvalue weighted by molar-refractivity contribution is 0.258. The smallest absolute Gasteiger partial charge is 0.155 e. The minimum absolute atomic E-state index is 0.0843. The zero-order valence-electron chi connectivity index (χ0n) is 10.4. The average Bonchev–Trinajstić information content (AvgIpc) is 2.20. The van der Waals surface area contributed by atoms with E-state index >= 15 is 0 Å². The van der Waals surface area contributed by atoms with Crippen LogP contribution in [0.5, 0.6) is 5.75 Å². The number of nitrogens with two attached hydrogens (primary N) is 1. The summed E-state index contributed by atoms with van der Waals surface area (Å²) in [5.74, 6) is 0.917. The van der Waals surface area contributed by atoms with E-state index in [-0.39, 0.29) is 11.9 Å². The molecule has 0 fully saturated rings. The Morgan fingerprint density at radius 1 is 1.38 bits per heavy atom. The van der Waals surface area contributed by atoms with Gasteiger partial charge >= 0.3 is 0 Å². The Balaban J connectivity index is 3.00. The van der Waals surface area contributed by atoms with Gasteiger partial charge in [-0.15, -0.1) is 0 Å². The van der Waals surface area contributed by atoms with Crippen LogP contribution in [0.1, 0.15) is 30.0 Å². The second-order valence-electron chi connectivity index (χ2n) is 4.18. The molecule has 0 heterocycles. The Labute approximate surface area is 97.1 Å². The van der Waals surface area contributed by atoms with Crippen LogP contribution in [0.15, 0.2) is 12.1 Å². The highest BCUT2D eigenvalue weighted by Gasteiger charge is 2.13. The molecule has 0 aliphatic rings. The van der Waals surface area contributed by atoms with Gasteiger partial charge in [0.2, 0.25) is 0 Å². The number of benzene rings is 1. The van der Waals surface area contributed by atoms with Crippen LogP contribution in [0.2, 0.25) is 0 Å². The molecule has 3 N–H and O–H groups in total. The largest absolute Gasteiger partial charge is 0.482 e. The van der Waals surface area contributed by atoms with Crippen molar-refractivity contribution < 1.29 is 4.74 Å². The van der Waals surface area contributed by atoms with Crippen molar-refractivity contribution in [1.82, 2.24) is 0 Å². The molecule has 3 heteroatoms. The maximum absolute atomic E-state index is 7.43. The van der Waals surface area contributed by atoms with Gasteiger partial charge in [-0.2, -0.15) is 0 Å². The van der Waals surface area contributed by atoms with E-state index in [1.54, 1.807) is 0 Å². The molecule has 3 nitrogen and oxygen atoms in total. The fourth-order valence-corrected chi connectivity index (χ4v) is 1.64. The summed E-state index contributed by atoms with van der Waals surface area (Å²) in [5.41, 5.74) is 8.96. The fourth-order valence-electron chi connectivity index (χ4n) is 1.64. The summed E-state index contributed by atoms with van der Waals surface area (Å²) in [6, 6.07) is 4.12. The first-order valence-corrected chi connectivity index (χ1v) is 5.54. The molecule has 0 aliphatic heterocycles. The van der Waals surface area contributed by atoms with Gasteiger partial charge in [0.15, 0.2) is 6.10 Å². The molecule has 0 saturated carbocycles. The van der Waals surface area contributed by atoms with Crippen molar-refractivity contribution >= 4 is 5.84 Å². The monoisotopic (exact) mass is 220 g/mol. The number of hydrogen-bond donors (Lipinski definition) is 2. The van der Waals surface area contributed by atoms with E-state index in [2.05, 4.69) is 13.0 Å². The quantitative estimate of drug-likeness (QED) is 0.605. The summed E-state index contributed by atoms with van der Waals surface area (Å²) >= 11 is 0. The molecule has 0 radical (unpaired) electrons. The van der Waals surface area contributed by atoms with Crippen molar-refractivity contribution in [2.45, 2.75) is 40.2 Å². The number of ether oxygens (including phenoxy) is 1. The zero-order valence-corrected chi connectivity index (χ0v) is 10.4. The lowest BCUT2D eigenvalue weighted by Crippen LogP contribution is -2.32. The average molecular weight is 220 g/mol. The molecule has 1 unspecified atom stereocenters. The molecule has 1 atom stereocenters. The second kappa shape index (κ2) is 5.01. The number of hydrogen-bond acceptors (Lipinski definition) is 2. The van der Waals surface area contributed by atoms with Gasteiger partial charge < -0.3 is 10.5 Å². The lowest BCUT2D eigenvalue weighted by Gasteiger charge is -2.19. The molecule has 0 saturated heterocycles. The van der Waals surface area contributed by atoms with Gasteiger partial charge in [0.1, 0.15) is 11.6 Å². The molecule has 0 amide bonds. The molecule has 16 heavy (non-hydrogen) atoms. The van der Waals surface area contributed by atoms with Crippen LogP contribution in [-0.4, -0.2) is 11.9 Å². The summed E-state index contributed by atoms with van der Waals surface area (Å²) in [5, 5.41) is 7.43. The third kappa shape index (κ3) is 2.75. The molecule has 0 bridgehead atoms. The van der Waals surface area contributed by atoms with Gasteiger partial charge in [0.25, 0.3) is 0 Å². The highest BCUT2D eigenvalue weighted by atomic mass is 16.5. The standard InChI is InChI=1S/C13H20N2O/c1-5-11(13(14)15)16-12-7-8(2)6-9(3)10(12)4/h6-7,11H,5H2,1-4H3,(H3,14,15). The van der Waals surface area contributed by atoms with Crippen molar-refractivity contribution in [3.63, 3.8) is 0 Å². The molecule has 0 aliphatic carbocycles. The predicted octanol–water partition coefficient (Wildman–Crippen LogP) is 2.71. The molecular formula is C13H20N2O. The van der Waals surface area contributed by atoms with Crippen LogP contribution in [0.3, 0.4) is 0 Å². The van der Waals surface area contributed by atoms with Crippen LogP contribution < -0.4 is 10.5 Å². The van der Waals surface area contributed by atoms with Crippen LogP contribution in [0.25, 0.3) is 0 Å². The van der Waals surface area contributed by atoms with Gasteiger partial charge in [-0.1, -0.05) is 13.0 Å². The van der Waals surface area contributed by atoms with Crippen molar-refractivity contribution in [2.24, 2.45) is 5.73 Å². The SMILES string of the molecule is CCC(Oc1cc(C)cc(C)c1C)C(=N)N. The molecule has 88 valence electrons. The molecule has 1 rings (SSSR count). The third-order valence-electron chi connectivity index (χ3n) is 2.75. The van der Waals surface area contributed by atoms with E-state index in [0.717, 1.165) is 16.9 Å². The first kappa shape index (κ1) is 12.6. The van der Waals surface area contributed by atoms with E-state index < -0.39 is 0 Å². The molecule has 0 aromatic heterocycles. The Bertz CT molecular complexity index is 399. The zero-order chi connectivity index (χ0) is 12.3. The van der Waals surface area contributed by atoms with Crippen LogP contribution in [0, 0.1) is 26.2 Å². The van der Waals surface area contributed by atoms with Gasteiger partial charge in [-0.05, 0) is 49.9 Å². The van der Waals surface area contributed by atoms with Gasteiger partial charge in [0.05, 0.1) is 0 Å². The van der Waals surface area contributed by atoms with Crippen LogP contribution in [-0.2, 0) is 0 Å². The second-order valence-corrected chi connectivity index (χ2v) is 4.18. The summed E-state index contributed by atoms with van der Waals surface area (Å²) in [4.78, 5) is 0. The highest BCUT2D eigenvalue weighted by molar-refractivity contribution is 5.82. The lowest BCUT2D eigenvalue weighted by atomic mass is 10.1. The van der Waals surface area contributed by atoms with E-state index in [4.69, 9.17) is 15.9 Å². The van der Waals surface area contributed by atoms with Crippen LogP contribution in [0.4, 0.5) is 0 Å². The van der Waals surface area contributed by atoms with E-state index in [1.807, 2.05) is 26.8 Å². The topological polar surface area (TPSA) is 59.1 Å². The maximum atomic E-state index is 7.43. The summed E-state index contributed by atoms with van der Waals surface area (Å²) < 4.78 is 5.77. The molecule has 1 aromatic carbocycles. The van der Waals surface area contributed by atoms with Gasteiger partial charge in [0, 0.05) is 0 Å². The molecule has 1 aromatic rings. The summed E-state index contributed by atoms with van der Waals surface area (Å²) in [7, 11) is 0. The van der Waals surface area contributed by atoms with Crippen molar-refractivity contribution in [1.29, 1.82) is 5.41 Å². The summed E-state index contributed by atoms with van der Waals surface area (Å²) in [6.07, 6.45) is 0.391. The van der Waals surface area contributed by atoms with Crippen LogP contribution >= 0.6 is 0 Å². The Morgan fingerprint density at radius 2 is 2.00 bits per heavy atom. The minimum atomic E-state index is -0.320. The minimum Gasteiger partial charge on any atom is -0.482 e. The number of nitrogens with one attached hydrogen (secondary N) is 1. The number of amidine groups is 1. The molecule has 0 spiro atoms. The first-order valence-electron chi connectivity index (χ1n) is 5.54. The fraction of sp³-hybridized carbons (Fsp3) is 0.462. The number of rotatable bonds is 4.